The van der Waals surface area contributed by atoms with Crippen LogP contribution in [0.15, 0.2) is 66.9 Å². The second kappa shape index (κ2) is 8.95. The molecule has 3 aromatic rings. The normalized spacial score (nSPS) is 16.2. The summed E-state index contributed by atoms with van der Waals surface area (Å²) in [5.41, 5.74) is 3.58. The molecule has 5 heteroatoms. The van der Waals surface area contributed by atoms with Crippen molar-refractivity contribution >= 4 is 6.03 Å². The summed E-state index contributed by atoms with van der Waals surface area (Å²) in [5.74, 6) is 1.57. The molecule has 1 fully saturated rings. The van der Waals surface area contributed by atoms with Gasteiger partial charge in [-0.2, -0.15) is 0 Å². The highest BCUT2D eigenvalue weighted by molar-refractivity contribution is 5.74. The predicted octanol–water partition coefficient (Wildman–Crippen LogP) is 4.01. The molecule has 1 aliphatic rings. The Morgan fingerprint density at radius 1 is 1.07 bits per heavy atom. The van der Waals surface area contributed by atoms with E-state index in [9.17, 15) is 4.79 Å². The maximum atomic E-state index is 12.5. The van der Waals surface area contributed by atoms with Crippen LogP contribution in [-0.4, -0.2) is 33.6 Å². The van der Waals surface area contributed by atoms with Gasteiger partial charge in [-0.15, -0.1) is 0 Å². The molecule has 29 heavy (non-hydrogen) atoms. The molecule has 1 N–H and O–H groups in total. The third-order valence-electron chi connectivity index (χ3n) is 5.65. The van der Waals surface area contributed by atoms with Crippen LogP contribution in [0.4, 0.5) is 4.79 Å². The molecule has 0 spiro atoms. The number of benzene rings is 2. The Labute approximate surface area is 172 Å². The zero-order chi connectivity index (χ0) is 20.1. The largest absolute Gasteiger partial charge is 0.334 e. The monoisotopic (exact) mass is 388 g/mol. The van der Waals surface area contributed by atoms with Gasteiger partial charge < -0.3 is 14.8 Å². The van der Waals surface area contributed by atoms with Crippen molar-refractivity contribution in [2.45, 2.75) is 32.9 Å². The minimum Gasteiger partial charge on any atom is -0.334 e. The van der Waals surface area contributed by atoms with Gasteiger partial charge in [0.25, 0.3) is 0 Å². The number of hydrogen-bond acceptors (Lipinski definition) is 2. The van der Waals surface area contributed by atoms with Crippen LogP contribution in [0.3, 0.4) is 0 Å². The van der Waals surface area contributed by atoms with Gasteiger partial charge in [0.05, 0.1) is 0 Å². The zero-order valence-corrected chi connectivity index (χ0v) is 16.9. The first-order chi connectivity index (χ1) is 14.2. The van der Waals surface area contributed by atoms with E-state index >= 15 is 0 Å². The highest BCUT2D eigenvalue weighted by Gasteiger charge is 2.27. The Kier molecular flexibility index (Phi) is 5.94. The molecule has 1 aromatic heterocycles. The highest BCUT2D eigenvalue weighted by atomic mass is 16.2. The molecule has 4 rings (SSSR count). The molecule has 1 saturated heterocycles. The highest BCUT2D eigenvalue weighted by Crippen LogP contribution is 2.22. The topological polar surface area (TPSA) is 50.2 Å². The molecule has 1 atom stereocenters. The lowest BCUT2D eigenvalue weighted by molar-refractivity contribution is 0.206. The van der Waals surface area contributed by atoms with Crippen molar-refractivity contribution in [3.8, 4) is 0 Å². The fourth-order valence-corrected chi connectivity index (χ4v) is 3.98. The molecule has 1 unspecified atom stereocenters. The number of amides is 2. The van der Waals surface area contributed by atoms with E-state index in [0.717, 1.165) is 43.9 Å². The number of aryl methyl sites for hydroxylation is 1. The maximum Gasteiger partial charge on any atom is 0.317 e. The van der Waals surface area contributed by atoms with Crippen molar-refractivity contribution in [3.05, 3.63) is 89.5 Å². The lowest BCUT2D eigenvalue weighted by atomic mass is 10.0. The molecule has 0 saturated carbocycles. The number of likely N-dealkylation sites (tertiary alicyclic amines) is 1. The maximum absolute atomic E-state index is 12.5. The molecular weight excluding hydrogens is 360 g/mol. The number of nitrogens with zero attached hydrogens (tertiary/aromatic N) is 3. The lowest BCUT2D eigenvalue weighted by Gasteiger charge is -2.18. The van der Waals surface area contributed by atoms with Crippen molar-refractivity contribution < 1.29 is 4.79 Å². The van der Waals surface area contributed by atoms with Crippen molar-refractivity contribution in [1.29, 1.82) is 0 Å². The smallest absolute Gasteiger partial charge is 0.317 e. The minimum atomic E-state index is 0.0279. The van der Waals surface area contributed by atoms with E-state index in [1.807, 2.05) is 47.5 Å². The molecule has 1 aliphatic heterocycles. The molecule has 5 nitrogen and oxygen atoms in total. The number of rotatable bonds is 6. The summed E-state index contributed by atoms with van der Waals surface area (Å²) in [6, 6.07) is 20.5. The molecule has 2 amide bonds. The minimum absolute atomic E-state index is 0.0279. The SMILES string of the molecule is Cc1cnc(CC2CCN(C(=O)NCc3ccccc3)C2)n1Cc1ccccc1. The molecule has 0 radical (unpaired) electrons. The van der Waals surface area contributed by atoms with Gasteiger partial charge >= 0.3 is 6.03 Å². The first-order valence-electron chi connectivity index (χ1n) is 10.3. The Morgan fingerprint density at radius 3 is 2.48 bits per heavy atom. The van der Waals surface area contributed by atoms with Gasteiger partial charge in [-0.25, -0.2) is 9.78 Å². The summed E-state index contributed by atoms with van der Waals surface area (Å²) in [4.78, 5) is 19.1. The Balaban J connectivity index is 1.33. The molecule has 150 valence electrons. The van der Waals surface area contributed by atoms with Gasteiger partial charge in [0.15, 0.2) is 0 Å². The average molecular weight is 389 g/mol. The van der Waals surface area contributed by atoms with E-state index in [1.54, 1.807) is 0 Å². The third kappa shape index (κ3) is 4.86. The number of carbonyl (C=O) groups is 1. The molecule has 2 heterocycles. The van der Waals surface area contributed by atoms with Crippen molar-refractivity contribution in [2.75, 3.05) is 13.1 Å². The zero-order valence-electron chi connectivity index (χ0n) is 16.9. The van der Waals surface area contributed by atoms with Crippen LogP contribution < -0.4 is 5.32 Å². The van der Waals surface area contributed by atoms with E-state index in [4.69, 9.17) is 0 Å². The van der Waals surface area contributed by atoms with E-state index in [-0.39, 0.29) is 6.03 Å². The van der Waals surface area contributed by atoms with Crippen molar-refractivity contribution in [3.63, 3.8) is 0 Å². The number of nitrogens with one attached hydrogen (secondary N) is 1. The summed E-state index contributed by atoms with van der Waals surface area (Å²) in [7, 11) is 0. The Bertz CT molecular complexity index is 936. The standard InChI is InChI=1S/C24H28N4O/c1-19-15-25-23(28(19)18-21-10-6-3-7-11-21)14-22-12-13-27(17-22)24(29)26-16-20-8-4-2-5-9-20/h2-11,15,22H,12-14,16-18H2,1H3,(H,26,29). The van der Waals surface area contributed by atoms with Gasteiger partial charge in [-0.05, 0) is 30.4 Å². The van der Waals surface area contributed by atoms with E-state index in [0.29, 0.717) is 12.5 Å². The fourth-order valence-electron chi connectivity index (χ4n) is 3.98. The fraction of sp³-hybridized carbons (Fsp3) is 0.333. The van der Waals surface area contributed by atoms with Gasteiger partial charge in [-0.1, -0.05) is 60.7 Å². The summed E-state index contributed by atoms with van der Waals surface area (Å²) < 4.78 is 2.30. The van der Waals surface area contributed by atoms with Crippen LogP contribution in [0.2, 0.25) is 0 Å². The van der Waals surface area contributed by atoms with E-state index in [2.05, 4.69) is 46.1 Å². The van der Waals surface area contributed by atoms with Crippen molar-refractivity contribution in [2.24, 2.45) is 5.92 Å². The van der Waals surface area contributed by atoms with E-state index < -0.39 is 0 Å². The average Bonchev–Trinajstić information content (AvgIpc) is 3.36. The molecular formula is C24H28N4O. The van der Waals surface area contributed by atoms with Crippen LogP contribution >= 0.6 is 0 Å². The van der Waals surface area contributed by atoms with Crippen LogP contribution in [0.25, 0.3) is 0 Å². The first kappa shape index (κ1) is 19.2. The van der Waals surface area contributed by atoms with Crippen molar-refractivity contribution in [1.82, 2.24) is 19.8 Å². The van der Waals surface area contributed by atoms with Crippen LogP contribution in [0.1, 0.15) is 29.1 Å². The van der Waals surface area contributed by atoms with E-state index in [1.165, 1.54) is 11.3 Å². The molecule has 0 bridgehead atoms. The second-order valence-electron chi connectivity index (χ2n) is 7.84. The lowest BCUT2D eigenvalue weighted by Crippen LogP contribution is -2.38. The quantitative estimate of drug-likeness (QED) is 0.694. The number of urea groups is 1. The van der Waals surface area contributed by atoms with Gasteiger partial charge in [0, 0.05) is 44.5 Å². The number of imidazole rings is 1. The van der Waals surface area contributed by atoms with Gasteiger partial charge in [0.1, 0.15) is 5.82 Å². The summed E-state index contributed by atoms with van der Waals surface area (Å²) in [5, 5.41) is 3.04. The number of aromatic nitrogens is 2. The van der Waals surface area contributed by atoms with Crippen LogP contribution in [0, 0.1) is 12.8 Å². The third-order valence-corrected chi connectivity index (χ3v) is 5.65. The molecule has 0 aliphatic carbocycles. The number of carbonyl (C=O) groups excluding carboxylic acids is 1. The Morgan fingerprint density at radius 2 is 1.76 bits per heavy atom. The summed E-state index contributed by atoms with van der Waals surface area (Å²) in [6.45, 7) is 5.12. The Hall–Kier alpha value is -3.08. The van der Waals surface area contributed by atoms with Gasteiger partial charge in [-0.3, -0.25) is 0 Å². The number of hydrogen-bond donors (Lipinski definition) is 1. The predicted molar refractivity (Wildman–Crippen MR) is 115 cm³/mol. The van der Waals surface area contributed by atoms with Crippen LogP contribution in [-0.2, 0) is 19.5 Å². The second-order valence-corrected chi connectivity index (χ2v) is 7.84. The summed E-state index contributed by atoms with van der Waals surface area (Å²) >= 11 is 0. The first-order valence-corrected chi connectivity index (χ1v) is 10.3. The van der Waals surface area contributed by atoms with Gasteiger partial charge in [0.2, 0.25) is 0 Å². The summed E-state index contributed by atoms with van der Waals surface area (Å²) in [6.07, 6.45) is 3.89. The van der Waals surface area contributed by atoms with Crippen LogP contribution in [0.5, 0.6) is 0 Å². The molecule has 2 aromatic carbocycles.